The summed E-state index contributed by atoms with van der Waals surface area (Å²) in [5, 5.41) is 8.60. The van der Waals surface area contributed by atoms with Gasteiger partial charge < -0.3 is 15.4 Å². The van der Waals surface area contributed by atoms with Crippen molar-refractivity contribution in [1.82, 2.24) is 20.6 Å². The zero-order valence-electron chi connectivity index (χ0n) is 13.8. The van der Waals surface area contributed by atoms with Crippen molar-refractivity contribution in [1.29, 1.82) is 0 Å². The number of pyridine rings is 1. The summed E-state index contributed by atoms with van der Waals surface area (Å²) < 4.78 is 5.38. The molecule has 0 radical (unpaired) electrons. The van der Waals surface area contributed by atoms with Crippen LogP contribution in [0.5, 0.6) is 5.75 Å². The van der Waals surface area contributed by atoms with Crippen LogP contribution < -0.4 is 15.4 Å². The lowest BCUT2D eigenvalue weighted by Gasteiger charge is -2.16. The summed E-state index contributed by atoms with van der Waals surface area (Å²) in [5.41, 5.74) is 2.72. The van der Waals surface area contributed by atoms with Crippen molar-refractivity contribution in [2.45, 2.75) is 39.8 Å². The fraction of sp³-hybridized carbons (Fsp3) is 0.438. The largest absolute Gasteiger partial charge is 0.496 e. The molecule has 0 spiro atoms. The Balaban J connectivity index is 1.97. The number of urea groups is 1. The summed E-state index contributed by atoms with van der Waals surface area (Å²) in [5.74, 6) is 0.812. The molecule has 2 aromatic heterocycles. The first-order valence-corrected chi connectivity index (χ1v) is 8.37. The van der Waals surface area contributed by atoms with E-state index in [4.69, 9.17) is 4.74 Å². The van der Waals surface area contributed by atoms with Crippen molar-refractivity contribution in [3.63, 3.8) is 0 Å². The van der Waals surface area contributed by atoms with Gasteiger partial charge in [0.2, 0.25) is 0 Å². The molecule has 7 heteroatoms. The van der Waals surface area contributed by atoms with Gasteiger partial charge in [-0.3, -0.25) is 4.98 Å². The number of aromatic nitrogens is 2. The van der Waals surface area contributed by atoms with Gasteiger partial charge in [-0.2, -0.15) is 0 Å². The van der Waals surface area contributed by atoms with E-state index in [1.165, 1.54) is 11.3 Å². The Morgan fingerprint density at radius 3 is 2.78 bits per heavy atom. The first-order valence-electron chi connectivity index (χ1n) is 7.49. The Morgan fingerprint density at radius 1 is 1.39 bits per heavy atom. The van der Waals surface area contributed by atoms with E-state index in [2.05, 4.69) is 20.6 Å². The highest BCUT2D eigenvalue weighted by Crippen LogP contribution is 2.23. The van der Waals surface area contributed by atoms with E-state index >= 15 is 0 Å². The predicted molar refractivity (Wildman–Crippen MR) is 90.8 cm³/mol. The summed E-state index contributed by atoms with van der Waals surface area (Å²) in [7, 11) is 1.64. The monoisotopic (exact) mass is 334 g/mol. The first-order chi connectivity index (χ1) is 11.1. The molecule has 0 unspecified atom stereocenters. The molecular formula is C16H22N4O2S. The van der Waals surface area contributed by atoms with Crippen molar-refractivity contribution < 1.29 is 9.53 Å². The Morgan fingerprint density at radius 2 is 2.17 bits per heavy atom. The van der Waals surface area contributed by atoms with Gasteiger partial charge in [0.15, 0.2) is 0 Å². The van der Waals surface area contributed by atoms with Crippen LogP contribution in [-0.2, 0) is 6.54 Å². The van der Waals surface area contributed by atoms with Crippen molar-refractivity contribution in [3.05, 3.63) is 39.6 Å². The molecule has 6 nitrogen and oxygen atoms in total. The van der Waals surface area contributed by atoms with E-state index in [0.717, 1.165) is 34.0 Å². The first kappa shape index (κ1) is 17.2. The highest BCUT2D eigenvalue weighted by atomic mass is 32.1. The van der Waals surface area contributed by atoms with Gasteiger partial charge in [0, 0.05) is 28.9 Å². The number of nitrogens with zero attached hydrogens (tertiary/aromatic N) is 2. The van der Waals surface area contributed by atoms with Gasteiger partial charge in [-0.25, -0.2) is 9.78 Å². The second-order valence-corrected chi connectivity index (χ2v) is 6.13. The summed E-state index contributed by atoms with van der Waals surface area (Å²) in [6, 6.07) is -0.301. The molecule has 124 valence electrons. The van der Waals surface area contributed by atoms with Crippen molar-refractivity contribution >= 4 is 17.4 Å². The lowest BCUT2D eigenvalue weighted by molar-refractivity contribution is 0.236. The SMILES string of the molecule is CC[C@H](NC(=O)NCc1ncc(C)c(OC)c1C)c1nccs1. The highest BCUT2D eigenvalue weighted by molar-refractivity contribution is 7.09. The third-order valence-corrected chi connectivity index (χ3v) is 4.52. The normalized spacial score (nSPS) is 11.8. The molecule has 0 aromatic carbocycles. The summed E-state index contributed by atoms with van der Waals surface area (Å²) >= 11 is 1.54. The quantitative estimate of drug-likeness (QED) is 0.851. The Bertz CT molecular complexity index is 658. The van der Waals surface area contributed by atoms with E-state index < -0.39 is 0 Å². The summed E-state index contributed by atoms with van der Waals surface area (Å²) in [6.07, 6.45) is 4.29. The molecule has 2 rings (SSSR count). The number of rotatable bonds is 6. The van der Waals surface area contributed by atoms with Crippen LogP contribution in [-0.4, -0.2) is 23.1 Å². The number of carbonyl (C=O) groups is 1. The van der Waals surface area contributed by atoms with Gasteiger partial charge in [0.05, 0.1) is 25.4 Å². The maximum Gasteiger partial charge on any atom is 0.315 e. The minimum absolute atomic E-state index is 0.0726. The minimum atomic E-state index is -0.229. The lowest BCUT2D eigenvalue weighted by Crippen LogP contribution is -2.37. The van der Waals surface area contributed by atoms with Gasteiger partial charge in [-0.1, -0.05) is 6.92 Å². The summed E-state index contributed by atoms with van der Waals surface area (Å²) in [4.78, 5) is 20.7. The number of amides is 2. The highest BCUT2D eigenvalue weighted by Gasteiger charge is 2.15. The number of hydrogen-bond acceptors (Lipinski definition) is 5. The molecule has 2 aromatic rings. The van der Waals surface area contributed by atoms with Gasteiger partial charge in [0.1, 0.15) is 10.8 Å². The second kappa shape index (κ2) is 7.92. The Hall–Kier alpha value is -2.15. The standard InChI is InChI=1S/C16H22N4O2S/c1-5-12(15-17-6-7-23-15)20-16(21)19-9-13-11(3)14(22-4)10(2)8-18-13/h6-8,12H,5,9H2,1-4H3,(H2,19,20,21)/t12-/m0/s1. The average molecular weight is 334 g/mol. The second-order valence-electron chi connectivity index (χ2n) is 5.20. The maximum absolute atomic E-state index is 12.1. The molecule has 1 atom stereocenters. The van der Waals surface area contributed by atoms with Crippen molar-refractivity contribution in [3.8, 4) is 5.75 Å². The van der Waals surface area contributed by atoms with Crippen LogP contribution in [0.2, 0.25) is 0 Å². The zero-order valence-corrected chi connectivity index (χ0v) is 14.7. The smallest absolute Gasteiger partial charge is 0.315 e. The minimum Gasteiger partial charge on any atom is -0.496 e. The van der Waals surface area contributed by atoms with Crippen LogP contribution in [0.15, 0.2) is 17.8 Å². The number of hydrogen-bond donors (Lipinski definition) is 2. The maximum atomic E-state index is 12.1. The molecule has 0 aliphatic carbocycles. The van der Waals surface area contributed by atoms with Crippen LogP contribution >= 0.6 is 11.3 Å². The molecule has 0 aliphatic rings. The number of aryl methyl sites for hydroxylation is 1. The van der Waals surface area contributed by atoms with E-state index in [9.17, 15) is 4.79 Å². The fourth-order valence-corrected chi connectivity index (χ4v) is 3.14. The number of carbonyl (C=O) groups excluding carboxylic acids is 1. The predicted octanol–water partition coefficient (Wildman–Crippen LogP) is 3.11. The molecule has 2 heterocycles. The molecule has 2 amide bonds. The molecule has 0 saturated heterocycles. The van der Waals surface area contributed by atoms with E-state index in [0.29, 0.717) is 6.54 Å². The van der Waals surface area contributed by atoms with E-state index in [-0.39, 0.29) is 12.1 Å². The third-order valence-electron chi connectivity index (χ3n) is 3.63. The molecule has 0 aliphatic heterocycles. The van der Waals surface area contributed by atoms with Gasteiger partial charge in [0.25, 0.3) is 0 Å². The van der Waals surface area contributed by atoms with Crippen LogP contribution in [0.3, 0.4) is 0 Å². The fourth-order valence-electron chi connectivity index (χ4n) is 2.37. The molecule has 2 N–H and O–H groups in total. The van der Waals surface area contributed by atoms with Crippen LogP contribution in [0.25, 0.3) is 0 Å². The van der Waals surface area contributed by atoms with E-state index in [1.807, 2.05) is 26.2 Å². The summed E-state index contributed by atoms with van der Waals surface area (Å²) in [6.45, 7) is 6.26. The molecule has 0 saturated carbocycles. The number of thiazole rings is 1. The Labute approximate surface area is 140 Å². The van der Waals surface area contributed by atoms with Gasteiger partial charge >= 0.3 is 6.03 Å². The van der Waals surface area contributed by atoms with Gasteiger partial charge in [-0.15, -0.1) is 11.3 Å². The van der Waals surface area contributed by atoms with Crippen LogP contribution in [0.4, 0.5) is 4.79 Å². The van der Waals surface area contributed by atoms with Crippen LogP contribution in [0, 0.1) is 13.8 Å². The van der Waals surface area contributed by atoms with Crippen molar-refractivity contribution in [2.75, 3.05) is 7.11 Å². The average Bonchev–Trinajstić information content (AvgIpc) is 3.06. The third kappa shape index (κ3) is 4.19. The molecule has 0 fully saturated rings. The number of methoxy groups -OCH3 is 1. The lowest BCUT2D eigenvalue weighted by atomic mass is 10.1. The number of ether oxygens (including phenoxy) is 1. The topological polar surface area (TPSA) is 76.1 Å². The molecule has 23 heavy (non-hydrogen) atoms. The zero-order chi connectivity index (χ0) is 16.8. The number of nitrogens with one attached hydrogen (secondary N) is 2. The molecular weight excluding hydrogens is 312 g/mol. The Kier molecular flexibility index (Phi) is 5.92. The van der Waals surface area contributed by atoms with Gasteiger partial charge in [-0.05, 0) is 20.3 Å². The van der Waals surface area contributed by atoms with Crippen LogP contribution in [0.1, 0.15) is 41.2 Å². The van der Waals surface area contributed by atoms with Crippen molar-refractivity contribution in [2.24, 2.45) is 0 Å². The molecule has 0 bridgehead atoms. The van der Waals surface area contributed by atoms with E-state index in [1.54, 1.807) is 19.5 Å².